The molecule has 1 heterocycles. The van der Waals surface area contributed by atoms with E-state index in [0.29, 0.717) is 11.1 Å². The van der Waals surface area contributed by atoms with Crippen molar-refractivity contribution in [2.75, 3.05) is 18.1 Å². The van der Waals surface area contributed by atoms with Gasteiger partial charge in [-0.15, -0.1) is 0 Å². The zero-order chi connectivity index (χ0) is 18.2. The molecular weight excluding hydrogens is 328 g/mol. The Hall–Kier alpha value is -3.47. The third-order valence-electron chi connectivity index (χ3n) is 3.80. The molecule has 0 saturated carbocycles. The molecule has 0 fully saturated rings. The van der Waals surface area contributed by atoms with Crippen LogP contribution in [0.3, 0.4) is 0 Å². The lowest BCUT2D eigenvalue weighted by molar-refractivity contribution is 0.0511. The molecule has 0 saturated heterocycles. The molecule has 1 amide bonds. The van der Waals surface area contributed by atoms with E-state index in [1.165, 1.54) is 0 Å². The summed E-state index contributed by atoms with van der Waals surface area (Å²) < 4.78 is 5.32. The van der Waals surface area contributed by atoms with Crippen LogP contribution in [0.15, 0.2) is 85.2 Å². The first-order chi connectivity index (χ1) is 12.8. The number of pyridine rings is 1. The highest BCUT2D eigenvalue weighted by Gasteiger charge is 2.18. The Kier molecular flexibility index (Phi) is 5.72. The van der Waals surface area contributed by atoms with Gasteiger partial charge in [-0.2, -0.15) is 0 Å². The van der Waals surface area contributed by atoms with Crippen LogP contribution in [-0.2, 0) is 4.74 Å². The van der Waals surface area contributed by atoms with Crippen molar-refractivity contribution in [1.82, 2.24) is 4.98 Å². The second-order valence-corrected chi connectivity index (χ2v) is 5.53. The van der Waals surface area contributed by atoms with Gasteiger partial charge in [-0.25, -0.2) is 4.79 Å². The second-order valence-electron chi connectivity index (χ2n) is 5.53. The zero-order valence-electron chi connectivity index (χ0n) is 14.1. The van der Waals surface area contributed by atoms with Gasteiger partial charge in [0.2, 0.25) is 0 Å². The van der Waals surface area contributed by atoms with Crippen molar-refractivity contribution in [2.45, 2.75) is 0 Å². The molecule has 0 N–H and O–H groups in total. The number of ether oxygens (including phenoxy) is 1. The van der Waals surface area contributed by atoms with Crippen molar-refractivity contribution >= 4 is 17.6 Å². The Labute approximate surface area is 151 Å². The first kappa shape index (κ1) is 17.4. The summed E-state index contributed by atoms with van der Waals surface area (Å²) >= 11 is 0. The van der Waals surface area contributed by atoms with Gasteiger partial charge >= 0.3 is 5.97 Å². The Morgan fingerprint density at radius 2 is 1.42 bits per heavy atom. The molecule has 5 nitrogen and oxygen atoms in total. The van der Waals surface area contributed by atoms with Crippen molar-refractivity contribution in [3.05, 3.63) is 96.3 Å². The number of nitrogens with zero attached hydrogens (tertiary/aromatic N) is 2. The molecule has 0 aliphatic rings. The summed E-state index contributed by atoms with van der Waals surface area (Å²) in [7, 11) is 0. The number of para-hydroxylation sites is 1. The molecule has 1 aromatic heterocycles. The topological polar surface area (TPSA) is 59.5 Å². The number of esters is 1. The largest absolute Gasteiger partial charge is 0.460 e. The molecule has 0 aliphatic heterocycles. The summed E-state index contributed by atoms with van der Waals surface area (Å²) in [6.07, 6.45) is 3.15. The molecule has 0 aliphatic carbocycles. The Morgan fingerprint density at radius 3 is 2.08 bits per heavy atom. The molecule has 0 bridgehead atoms. The minimum absolute atomic E-state index is 0.0967. The van der Waals surface area contributed by atoms with Crippen LogP contribution in [0.4, 0.5) is 5.69 Å². The van der Waals surface area contributed by atoms with E-state index in [-0.39, 0.29) is 19.1 Å². The number of carbonyl (C=O) groups is 2. The fourth-order valence-electron chi connectivity index (χ4n) is 2.49. The maximum absolute atomic E-state index is 12.8. The molecule has 26 heavy (non-hydrogen) atoms. The number of aromatic nitrogens is 1. The van der Waals surface area contributed by atoms with E-state index in [4.69, 9.17) is 4.74 Å². The van der Waals surface area contributed by atoms with Crippen LogP contribution in [-0.4, -0.2) is 30.0 Å². The Balaban J connectivity index is 1.70. The predicted octanol–water partition coefficient (Wildman–Crippen LogP) is 3.59. The minimum Gasteiger partial charge on any atom is -0.460 e. The van der Waals surface area contributed by atoms with Crippen LogP contribution in [0, 0.1) is 0 Å². The molecule has 5 heteroatoms. The monoisotopic (exact) mass is 346 g/mol. The summed E-state index contributed by atoms with van der Waals surface area (Å²) in [4.78, 5) is 30.4. The van der Waals surface area contributed by atoms with E-state index in [1.54, 1.807) is 53.7 Å². The third-order valence-corrected chi connectivity index (χ3v) is 3.80. The summed E-state index contributed by atoms with van der Waals surface area (Å²) in [5.41, 5.74) is 1.75. The van der Waals surface area contributed by atoms with Gasteiger partial charge in [0.05, 0.1) is 12.1 Å². The highest BCUT2D eigenvalue weighted by Crippen LogP contribution is 2.16. The smallest absolute Gasteiger partial charge is 0.338 e. The molecule has 3 rings (SSSR count). The van der Waals surface area contributed by atoms with Gasteiger partial charge in [-0.1, -0.05) is 36.4 Å². The second kappa shape index (κ2) is 8.58. The fourth-order valence-corrected chi connectivity index (χ4v) is 2.49. The van der Waals surface area contributed by atoms with Crippen molar-refractivity contribution in [2.24, 2.45) is 0 Å². The average Bonchev–Trinajstić information content (AvgIpc) is 2.72. The third kappa shape index (κ3) is 4.33. The molecule has 130 valence electrons. The van der Waals surface area contributed by atoms with E-state index in [1.807, 2.05) is 36.4 Å². The van der Waals surface area contributed by atoms with E-state index in [0.717, 1.165) is 5.69 Å². The van der Waals surface area contributed by atoms with Gasteiger partial charge in [0.15, 0.2) is 0 Å². The predicted molar refractivity (Wildman–Crippen MR) is 99.1 cm³/mol. The molecule has 0 radical (unpaired) electrons. The van der Waals surface area contributed by atoms with Crippen LogP contribution in [0.2, 0.25) is 0 Å². The number of amides is 1. The number of benzene rings is 2. The fraction of sp³-hybridized carbons (Fsp3) is 0.0952. The van der Waals surface area contributed by atoms with E-state index < -0.39 is 5.97 Å². The molecule has 0 atom stereocenters. The summed E-state index contributed by atoms with van der Waals surface area (Å²) in [6.45, 7) is 0.350. The number of rotatable bonds is 6. The maximum atomic E-state index is 12.8. The van der Waals surface area contributed by atoms with Gasteiger partial charge in [0.1, 0.15) is 6.61 Å². The van der Waals surface area contributed by atoms with Crippen LogP contribution in [0.5, 0.6) is 0 Å². The number of hydrogen-bond acceptors (Lipinski definition) is 4. The van der Waals surface area contributed by atoms with Gasteiger partial charge in [0, 0.05) is 23.6 Å². The number of anilines is 1. The Bertz CT molecular complexity index is 852. The standard InChI is InChI=1S/C21H18N2O3/c24-20(17-11-13-22-14-12-17)23(19-9-5-2-6-10-19)15-16-26-21(25)18-7-3-1-4-8-18/h1-14H,15-16H2. The lowest BCUT2D eigenvalue weighted by Crippen LogP contribution is -2.34. The van der Waals surface area contributed by atoms with Gasteiger partial charge in [0.25, 0.3) is 5.91 Å². The molecule has 0 unspecified atom stereocenters. The molecule has 2 aromatic carbocycles. The van der Waals surface area contributed by atoms with Crippen LogP contribution < -0.4 is 4.90 Å². The van der Waals surface area contributed by atoms with Crippen LogP contribution >= 0.6 is 0 Å². The van der Waals surface area contributed by atoms with Crippen molar-refractivity contribution in [3.8, 4) is 0 Å². The van der Waals surface area contributed by atoms with Crippen molar-refractivity contribution in [3.63, 3.8) is 0 Å². The van der Waals surface area contributed by atoms with Crippen LogP contribution in [0.25, 0.3) is 0 Å². The SMILES string of the molecule is O=C(OCCN(C(=O)c1ccncc1)c1ccccc1)c1ccccc1. The Morgan fingerprint density at radius 1 is 0.808 bits per heavy atom. The van der Waals surface area contributed by atoms with Gasteiger partial charge in [-0.3, -0.25) is 9.78 Å². The van der Waals surface area contributed by atoms with E-state index in [2.05, 4.69) is 4.98 Å². The van der Waals surface area contributed by atoms with Crippen LogP contribution in [0.1, 0.15) is 20.7 Å². The first-order valence-electron chi connectivity index (χ1n) is 8.25. The van der Waals surface area contributed by atoms with Crippen molar-refractivity contribution in [1.29, 1.82) is 0 Å². The highest BCUT2D eigenvalue weighted by molar-refractivity contribution is 6.06. The minimum atomic E-state index is -0.407. The summed E-state index contributed by atoms with van der Waals surface area (Å²) in [6, 6.07) is 21.4. The van der Waals surface area contributed by atoms with E-state index >= 15 is 0 Å². The molecular formula is C21H18N2O3. The quantitative estimate of drug-likeness (QED) is 0.640. The normalized spacial score (nSPS) is 10.2. The maximum Gasteiger partial charge on any atom is 0.338 e. The van der Waals surface area contributed by atoms with E-state index in [9.17, 15) is 9.59 Å². The molecule has 3 aromatic rings. The lowest BCUT2D eigenvalue weighted by atomic mass is 10.2. The number of hydrogen-bond donors (Lipinski definition) is 0. The van der Waals surface area contributed by atoms with Gasteiger partial charge in [-0.05, 0) is 36.4 Å². The highest BCUT2D eigenvalue weighted by atomic mass is 16.5. The van der Waals surface area contributed by atoms with Gasteiger partial charge < -0.3 is 9.64 Å². The summed E-state index contributed by atoms with van der Waals surface area (Å²) in [5.74, 6) is -0.579. The molecule has 0 spiro atoms. The lowest BCUT2D eigenvalue weighted by Gasteiger charge is -2.22. The number of carbonyl (C=O) groups excluding carboxylic acids is 2. The first-order valence-corrected chi connectivity index (χ1v) is 8.25. The average molecular weight is 346 g/mol. The van der Waals surface area contributed by atoms with Crippen molar-refractivity contribution < 1.29 is 14.3 Å². The zero-order valence-corrected chi connectivity index (χ0v) is 14.1. The summed E-state index contributed by atoms with van der Waals surface area (Å²) in [5, 5.41) is 0.